The Labute approximate surface area is 223 Å². The molecule has 2 aromatic rings. The van der Waals surface area contributed by atoms with E-state index < -0.39 is 39.1 Å². The molecule has 0 spiro atoms. The number of amides is 1. The average Bonchev–Trinajstić information content (AvgIpc) is 2.86. The molecule has 0 aromatic heterocycles. The third-order valence-corrected chi connectivity index (χ3v) is 5.34. The van der Waals surface area contributed by atoms with Crippen molar-refractivity contribution in [3.8, 4) is 5.75 Å². The van der Waals surface area contributed by atoms with Gasteiger partial charge in [-0.1, -0.05) is 0 Å². The van der Waals surface area contributed by atoms with Crippen molar-refractivity contribution in [2.75, 3.05) is 44.6 Å². The number of nitro groups is 2. The van der Waals surface area contributed by atoms with Gasteiger partial charge in [-0.2, -0.15) is 0 Å². The van der Waals surface area contributed by atoms with Crippen molar-refractivity contribution < 1.29 is 38.4 Å². The van der Waals surface area contributed by atoms with Crippen LogP contribution in [0.2, 0.25) is 0 Å². The maximum absolute atomic E-state index is 12.0. The van der Waals surface area contributed by atoms with Crippen molar-refractivity contribution in [3.05, 3.63) is 49.0 Å². The van der Waals surface area contributed by atoms with Crippen LogP contribution >= 0.6 is 15.9 Å². The van der Waals surface area contributed by atoms with Crippen molar-refractivity contribution >= 4 is 67.9 Å². The van der Waals surface area contributed by atoms with E-state index in [2.05, 4.69) is 40.9 Å². The van der Waals surface area contributed by atoms with E-state index in [9.17, 15) is 34.6 Å². The zero-order valence-electron chi connectivity index (χ0n) is 20.4. The molecule has 38 heavy (non-hydrogen) atoms. The Morgan fingerprint density at radius 3 is 2.05 bits per heavy atom. The number of benzene rings is 2. The first-order valence-corrected chi connectivity index (χ1v) is 11.1. The third-order valence-electron chi connectivity index (χ3n) is 4.74. The number of hydrogen-bond donors (Lipinski definition) is 1. The number of halogens is 1. The van der Waals surface area contributed by atoms with Gasteiger partial charge < -0.3 is 24.4 Å². The monoisotopic (exact) mass is 596 g/mol. The summed E-state index contributed by atoms with van der Waals surface area (Å²) in [5, 5.41) is 33.0. The smallest absolute Gasteiger partial charge is 0.325 e. The maximum Gasteiger partial charge on any atom is 0.325 e. The Kier molecular flexibility index (Phi) is 10.1. The highest BCUT2D eigenvalue weighted by Crippen LogP contribution is 2.43. The van der Waals surface area contributed by atoms with Crippen LogP contribution in [0.25, 0.3) is 0 Å². The summed E-state index contributed by atoms with van der Waals surface area (Å²) >= 11 is 3.03. The van der Waals surface area contributed by atoms with E-state index in [0.29, 0.717) is 0 Å². The second kappa shape index (κ2) is 13.0. The molecule has 0 aliphatic carbocycles. The topological polar surface area (TPSA) is 205 Å². The van der Waals surface area contributed by atoms with Gasteiger partial charge in [-0.25, -0.2) is 0 Å². The Balaban J connectivity index is 2.70. The Hall–Kier alpha value is -4.67. The molecule has 0 heterocycles. The van der Waals surface area contributed by atoms with Crippen LogP contribution in [0.1, 0.15) is 6.92 Å². The van der Waals surface area contributed by atoms with E-state index in [1.165, 1.54) is 31.1 Å². The van der Waals surface area contributed by atoms with E-state index in [4.69, 9.17) is 4.74 Å². The minimum Gasteiger partial charge on any atom is -0.494 e. The fraction of sp³-hybridized carbons (Fsp3) is 0.286. The second-order valence-electron chi connectivity index (χ2n) is 7.24. The van der Waals surface area contributed by atoms with Crippen molar-refractivity contribution in [2.24, 2.45) is 10.2 Å². The van der Waals surface area contributed by atoms with E-state index in [1.807, 2.05) is 0 Å². The van der Waals surface area contributed by atoms with Crippen LogP contribution in [-0.2, 0) is 23.9 Å². The van der Waals surface area contributed by atoms with E-state index in [-0.39, 0.29) is 46.1 Å². The Bertz CT molecular complexity index is 1300. The second-order valence-corrected chi connectivity index (χ2v) is 8.09. The van der Waals surface area contributed by atoms with Crippen molar-refractivity contribution in [3.63, 3.8) is 0 Å². The molecule has 0 fully saturated rings. The summed E-state index contributed by atoms with van der Waals surface area (Å²) in [7, 11) is 3.62. The van der Waals surface area contributed by atoms with Gasteiger partial charge in [0.25, 0.3) is 5.69 Å². The van der Waals surface area contributed by atoms with Gasteiger partial charge in [-0.3, -0.25) is 34.6 Å². The van der Waals surface area contributed by atoms with Crippen LogP contribution in [0, 0.1) is 20.2 Å². The number of esters is 2. The van der Waals surface area contributed by atoms with Gasteiger partial charge in [0, 0.05) is 19.1 Å². The van der Waals surface area contributed by atoms with Crippen LogP contribution in [0.3, 0.4) is 0 Å². The first-order valence-electron chi connectivity index (χ1n) is 10.3. The molecule has 1 amide bonds. The molecule has 0 saturated carbocycles. The summed E-state index contributed by atoms with van der Waals surface area (Å²) in [4.78, 5) is 58.1. The molecule has 17 heteroatoms. The lowest BCUT2D eigenvalue weighted by molar-refractivity contribution is -0.393. The summed E-state index contributed by atoms with van der Waals surface area (Å²) < 4.78 is 14.7. The molecule has 0 atom stereocenters. The van der Waals surface area contributed by atoms with Crippen LogP contribution in [0.15, 0.2) is 39.0 Å². The SMILES string of the molecule is COC(=O)CN(CC(=O)OC)c1cc(NC(C)=O)c(/N=N/c2c(Br)cc([N+](=O)[O-])cc2[N+](=O)[O-])cc1OC. The number of ether oxygens (including phenoxy) is 3. The lowest BCUT2D eigenvalue weighted by Gasteiger charge is -2.25. The Morgan fingerprint density at radius 2 is 1.58 bits per heavy atom. The van der Waals surface area contributed by atoms with Crippen LogP contribution in [-0.4, -0.2) is 62.1 Å². The molecule has 1 N–H and O–H groups in total. The lowest BCUT2D eigenvalue weighted by Crippen LogP contribution is -2.36. The third kappa shape index (κ3) is 7.42. The fourth-order valence-electron chi connectivity index (χ4n) is 3.03. The van der Waals surface area contributed by atoms with Crippen molar-refractivity contribution in [1.82, 2.24) is 0 Å². The highest BCUT2D eigenvalue weighted by molar-refractivity contribution is 9.10. The predicted molar refractivity (Wildman–Crippen MR) is 135 cm³/mol. The number of azo groups is 1. The Morgan fingerprint density at radius 1 is 0.974 bits per heavy atom. The number of non-ortho nitro benzene ring substituents is 1. The molecule has 202 valence electrons. The van der Waals surface area contributed by atoms with Crippen molar-refractivity contribution in [2.45, 2.75) is 6.92 Å². The van der Waals surface area contributed by atoms with Gasteiger partial charge in [0.05, 0.1) is 53.1 Å². The van der Waals surface area contributed by atoms with Gasteiger partial charge in [0.2, 0.25) is 5.91 Å². The molecule has 0 unspecified atom stereocenters. The van der Waals surface area contributed by atoms with Crippen LogP contribution in [0.5, 0.6) is 5.75 Å². The standard InChI is InChI=1S/C21H21BrN6O10/c1-11(29)23-14-7-16(26(9-19(30)37-3)10-20(31)38-4)18(36-2)8-15(14)24-25-21-13(22)5-12(27(32)33)6-17(21)28(34)35/h5-8H,9-10H2,1-4H3,(H,23,29)/b25-24+. The summed E-state index contributed by atoms with van der Waals surface area (Å²) in [5.41, 5.74) is -1.37. The molecular weight excluding hydrogens is 576 g/mol. The summed E-state index contributed by atoms with van der Waals surface area (Å²) in [6, 6.07) is 4.41. The van der Waals surface area contributed by atoms with Gasteiger partial charge in [-0.05, 0) is 22.0 Å². The minimum absolute atomic E-state index is 0.0311. The largest absolute Gasteiger partial charge is 0.494 e. The molecule has 0 bridgehead atoms. The maximum atomic E-state index is 12.0. The molecule has 0 saturated heterocycles. The van der Waals surface area contributed by atoms with Gasteiger partial charge in [0.1, 0.15) is 24.5 Å². The van der Waals surface area contributed by atoms with Gasteiger partial charge >= 0.3 is 17.6 Å². The number of carbonyl (C=O) groups excluding carboxylic acids is 3. The van der Waals surface area contributed by atoms with Crippen molar-refractivity contribution in [1.29, 1.82) is 0 Å². The number of nitrogens with one attached hydrogen (secondary N) is 1. The average molecular weight is 597 g/mol. The highest BCUT2D eigenvalue weighted by Gasteiger charge is 2.25. The first-order chi connectivity index (χ1) is 17.9. The van der Waals surface area contributed by atoms with E-state index in [0.717, 1.165) is 26.4 Å². The van der Waals surface area contributed by atoms with E-state index in [1.54, 1.807) is 0 Å². The molecule has 0 aliphatic heterocycles. The zero-order chi connectivity index (χ0) is 28.6. The summed E-state index contributed by atoms with van der Waals surface area (Å²) in [6.07, 6.45) is 0. The highest BCUT2D eigenvalue weighted by atomic mass is 79.9. The molecular formula is C21H21BrN6O10. The molecule has 2 aromatic carbocycles. The summed E-state index contributed by atoms with van der Waals surface area (Å²) in [6.45, 7) is 0.442. The molecule has 2 rings (SSSR count). The first kappa shape index (κ1) is 29.6. The number of anilines is 2. The molecule has 0 aliphatic rings. The van der Waals surface area contributed by atoms with E-state index >= 15 is 0 Å². The zero-order valence-corrected chi connectivity index (χ0v) is 22.0. The van der Waals surface area contributed by atoms with Crippen LogP contribution < -0.4 is 15.0 Å². The number of nitro benzene ring substituents is 2. The van der Waals surface area contributed by atoms with Gasteiger partial charge in [0.15, 0.2) is 5.69 Å². The number of hydrogen-bond acceptors (Lipinski definition) is 13. The minimum atomic E-state index is -0.859. The van der Waals surface area contributed by atoms with Crippen LogP contribution in [0.4, 0.5) is 34.1 Å². The molecule has 0 radical (unpaired) electrons. The predicted octanol–water partition coefficient (Wildman–Crippen LogP) is 3.80. The normalized spacial score (nSPS) is 10.6. The molecule has 16 nitrogen and oxygen atoms in total. The quantitative estimate of drug-likeness (QED) is 0.171. The van der Waals surface area contributed by atoms with Gasteiger partial charge in [-0.15, -0.1) is 10.2 Å². The fourth-order valence-corrected chi connectivity index (χ4v) is 3.54. The summed E-state index contributed by atoms with van der Waals surface area (Å²) in [5.74, 6) is -1.81. The number of nitrogens with zero attached hydrogens (tertiary/aromatic N) is 5. The number of carbonyl (C=O) groups is 3. The lowest BCUT2D eigenvalue weighted by atomic mass is 10.2. The number of rotatable bonds is 11. The number of methoxy groups -OCH3 is 3.